The monoisotopic (exact) mass is 488 g/mol. The molecule has 34 heavy (non-hydrogen) atoms. The van der Waals surface area contributed by atoms with Crippen LogP contribution in [0.4, 0.5) is 20.3 Å². The molecule has 1 N–H and O–H groups in total. The first-order valence-electron chi connectivity index (χ1n) is 10.5. The first-order chi connectivity index (χ1) is 16.2. The minimum absolute atomic E-state index is 0.283. The summed E-state index contributed by atoms with van der Waals surface area (Å²) in [4.78, 5) is 6.69. The Kier molecular flexibility index (Phi) is 5.44. The predicted molar refractivity (Wildman–Crippen MR) is 122 cm³/mol. The second-order valence-electron chi connectivity index (χ2n) is 8.16. The molecule has 1 aromatic carbocycles. The largest absolute Gasteiger partial charge is 0.349 e. The number of aromatic nitrogens is 5. The minimum atomic E-state index is -3.68. The molecule has 1 fully saturated rings. The lowest BCUT2D eigenvalue weighted by atomic mass is 10.0. The summed E-state index contributed by atoms with van der Waals surface area (Å²) in [5.41, 5.74) is 1.60. The second-order valence-corrected chi connectivity index (χ2v) is 10.0. The Morgan fingerprint density at radius 1 is 1.15 bits per heavy atom. The third kappa shape index (κ3) is 3.96. The lowest BCUT2D eigenvalue weighted by molar-refractivity contribution is 0.527. The van der Waals surface area contributed by atoms with Gasteiger partial charge in [0.05, 0.1) is 30.3 Å². The molecule has 10 nitrogen and oxygen atoms in total. The van der Waals surface area contributed by atoms with Crippen molar-refractivity contribution in [2.24, 2.45) is 0 Å². The van der Waals surface area contributed by atoms with Crippen LogP contribution in [0.25, 0.3) is 11.3 Å². The van der Waals surface area contributed by atoms with E-state index in [1.165, 1.54) is 37.2 Å². The molecule has 0 amide bonds. The Bertz CT molecular complexity index is 1470. The van der Waals surface area contributed by atoms with Gasteiger partial charge in [0.15, 0.2) is 5.65 Å². The Labute approximate surface area is 194 Å². The third-order valence-corrected chi connectivity index (χ3v) is 7.21. The van der Waals surface area contributed by atoms with Crippen molar-refractivity contribution in [1.29, 1.82) is 0 Å². The van der Waals surface area contributed by atoms with Gasteiger partial charge in [0.25, 0.3) is 0 Å². The number of rotatable bonds is 6. The molecule has 4 heterocycles. The van der Waals surface area contributed by atoms with Gasteiger partial charge in [-0.1, -0.05) is 0 Å². The maximum atomic E-state index is 14.5. The number of hydrogen-bond donors (Lipinski definition) is 1. The van der Waals surface area contributed by atoms with E-state index in [1.54, 1.807) is 23.0 Å². The maximum absolute atomic E-state index is 14.5. The van der Waals surface area contributed by atoms with Gasteiger partial charge in [-0.15, -0.1) is 0 Å². The number of hydrogen-bond acceptors (Lipinski definition) is 6. The summed E-state index contributed by atoms with van der Waals surface area (Å²) in [6, 6.07) is 4.93. The average Bonchev–Trinajstić information content (AvgIpc) is 3.53. The Morgan fingerprint density at radius 3 is 2.76 bits per heavy atom. The van der Waals surface area contributed by atoms with Gasteiger partial charge >= 0.3 is 10.2 Å². The van der Waals surface area contributed by atoms with Gasteiger partial charge in [0.2, 0.25) is 0 Å². The maximum Gasteiger partial charge on any atom is 0.301 e. The van der Waals surface area contributed by atoms with Crippen molar-refractivity contribution in [3.05, 3.63) is 66.3 Å². The van der Waals surface area contributed by atoms with E-state index < -0.39 is 21.8 Å². The Balaban J connectivity index is 1.49. The fourth-order valence-corrected chi connectivity index (χ4v) is 4.64. The molecule has 0 spiro atoms. The summed E-state index contributed by atoms with van der Waals surface area (Å²) in [7, 11) is -0.834. The highest BCUT2D eigenvalue weighted by atomic mass is 32.2. The lowest BCUT2D eigenvalue weighted by Gasteiger charge is -2.26. The summed E-state index contributed by atoms with van der Waals surface area (Å²) in [5.74, 6) is -0.334. The van der Waals surface area contributed by atoms with Crippen molar-refractivity contribution in [3.8, 4) is 5.69 Å². The zero-order valence-electron chi connectivity index (χ0n) is 18.4. The van der Waals surface area contributed by atoms with Crippen molar-refractivity contribution in [1.82, 2.24) is 28.7 Å². The molecule has 0 bridgehead atoms. The molecule has 4 aromatic rings. The molecule has 5 rings (SSSR count). The molecule has 13 heteroatoms. The molecule has 178 valence electrons. The lowest BCUT2D eigenvalue weighted by Crippen LogP contribution is -2.28. The quantitative estimate of drug-likeness (QED) is 0.448. The fraction of sp³-hybridized carbons (Fsp3) is 0.286. The minimum Gasteiger partial charge on any atom is -0.349 e. The van der Waals surface area contributed by atoms with Crippen molar-refractivity contribution in [3.63, 3.8) is 0 Å². The van der Waals surface area contributed by atoms with Gasteiger partial charge in [-0.3, -0.25) is 4.72 Å². The zero-order valence-corrected chi connectivity index (χ0v) is 19.2. The van der Waals surface area contributed by atoms with Gasteiger partial charge in [0, 0.05) is 32.4 Å². The molecule has 1 aliphatic heterocycles. The SMILES string of the molecule is CN(C)S(=O)(=O)Nc1cnn(-c2cnn3ccc(N4CCC[C@@H]4c4cc(F)ccc4F)nc23)c1. The van der Waals surface area contributed by atoms with Gasteiger partial charge in [-0.2, -0.15) is 22.9 Å². The molecule has 0 radical (unpaired) electrons. The van der Waals surface area contributed by atoms with E-state index in [0.29, 0.717) is 35.7 Å². The van der Waals surface area contributed by atoms with Crippen molar-refractivity contribution < 1.29 is 17.2 Å². The van der Waals surface area contributed by atoms with Crippen molar-refractivity contribution >= 4 is 27.4 Å². The van der Waals surface area contributed by atoms with Crippen LogP contribution in [0.1, 0.15) is 24.4 Å². The van der Waals surface area contributed by atoms with Gasteiger partial charge in [-0.05, 0) is 37.1 Å². The van der Waals surface area contributed by atoms with Gasteiger partial charge in [-0.25, -0.2) is 23.0 Å². The van der Waals surface area contributed by atoms with E-state index in [1.807, 2.05) is 4.90 Å². The number of nitrogens with one attached hydrogen (secondary N) is 1. The highest BCUT2D eigenvalue weighted by Gasteiger charge is 2.30. The number of anilines is 2. The number of nitrogens with zero attached hydrogens (tertiary/aromatic N) is 7. The summed E-state index contributed by atoms with van der Waals surface area (Å²) < 4.78 is 59.0. The third-order valence-electron chi connectivity index (χ3n) is 5.76. The molecular weight excluding hydrogens is 466 g/mol. The van der Waals surface area contributed by atoms with Crippen molar-refractivity contribution in [2.75, 3.05) is 30.3 Å². The van der Waals surface area contributed by atoms with Crippen LogP contribution in [0.15, 0.2) is 49.1 Å². The number of fused-ring (bicyclic) bond motifs is 1. The van der Waals surface area contributed by atoms with Crippen LogP contribution >= 0.6 is 0 Å². The summed E-state index contributed by atoms with van der Waals surface area (Å²) in [6.07, 6.45) is 7.70. The summed E-state index contributed by atoms with van der Waals surface area (Å²) in [5, 5.41) is 8.53. The molecule has 1 atom stereocenters. The molecule has 1 aliphatic rings. The van der Waals surface area contributed by atoms with E-state index in [9.17, 15) is 17.2 Å². The highest BCUT2D eigenvalue weighted by Crippen LogP contribution is 2.37. The first-order valence-corrected chi connectivity index (χ1v) is 12.0. The van der Waals surface area contributed by atoms with Crippen LogP contribution in [0.3, 0.4) is 0 Å². The van der Waals surface area contributed by atoms with E-state index >= 15 is 0 Å². The average molecular weight is 489 g/mol. The smallest absolute Gasteiger partial charge is 0.301 e. The zero-order chi connectivity index (χ0) is 24.0. The van der Waals surface area contributed by atoms with Crippen LogP contribution < -0.4 is 9.62 Å². The van der Waals surface area contributed by atoms with E-state index in [-0.39, 0.29) is 11.7 Å². The van der Waals surface area contributed by atoms with Gasteiger partial charge in [0.1, 0.15) is 23.1 Å². The van der Waals surface area contributed by atoms with Gasteiger partial charge < -0.3 is 4.90 Å². The summed E-state index contributed by atoms with van der Waals surface area (Å²) in [6.45, 7) is 0.644. The van der Waals surface area contributed by atoms with Crippen LogP contribution in [0.2, 0.25) is 0 Å². The molecule has 1 saturated heterocycles. The Morgan fingerprint density at radius 2 is 1.97 bits per heavy atom. The molecule has 3 aromatic heterocycles. The first kappa shape index (κ1) is 22.2. The Hall–Kier alpha value is -3.58. The van der Waals surface area contributed by atoms with E-state index in [0.717, 1.165) is 22.9 Å². The fourth-order valence-electron chi connectivity index (χ4n) is 4.05. The molecule has 0 saturated carbocycles. The molecule has 0 unspecified atom stereocenters. The standard InChI is InChI=1S/C21H22F2N8O2S/c1-28(2)34(32,33)27-15-11-24-31(13-15)19-12-25-30-9-7-20(26-21(19)30)29-8-3-4-18(29)16-10-14(22)5-6-17(16)23/h5-7,9-13,18,27H,3-4,8H2,1-2H3/t18-/m1/s1. The second kappa shape index (κ2) is 8.33. The van der Waals surface area contributed by atoms with E-state index in [2.05, 4.69) is 14.9 Å². The van der Waals surface area contributed by atoms with Crippen LogP contribution in [0, 0.1) is 11.6 Å². The summed E-state index contributed by atoms with van der Waals surface area (Å²) >= 11 is 0. The predicted octanol–water partition coefficient (Wildman–Crippen LogP) is 2.75. The van der Waals surface area contributed by atoms with Crippen LogP contribution in [-0.2, 0) is 10.2 Å². The van der Waals surface area contributed by atoms with Crippen LogP contribution in [0.5, 0.6) is 0 Å². The normalized spacial score (nSPS) is 16.6. The van der Waals surface area contributed by atoms with E-state index in [4.69, 9.17) is 4.98 Å². The topological polar surface area (TPSA) is 101 Å². The molecular formula is C21H22F2N8O2S. The number of benzene rings is 1. The highest BCUT2D eigenvalue weighted by molar-refractivity contribution is 7.90. The van der Waals surface area contributed by atoms with Crippen LogP contribution in [-0.4, -0.2) is 57.7 Å². The number of halogens is 2. The van der Waals surface area contributed by atoms with Crippen molar-refractivity contribution in [2.45, 2.75) is 18.9 Å². The molecule has 0 aliphatic carbocycles.